The second kappa shape index (κ2) is 7.76. The molecule has 0 aliphatic rings. The summed E-state index contributed by atoms with van der Waals surface area (Å²) in [5, 5.41) is 3.84. The number of likely N-dealkylation sites (N-methyl/N-ethyl adjacent to an activating group) is 1. The third-order valence-corrected chi connectivity index (χ3v) is 4.73. The number of benzene rings is 2. The lowest BCUT2D eigenvalue weighted by atomic mass is 10.1. The van der Waals surface area contributed by atoms with Crippen molar-refractivity contribution in [3.8, 4) is 5.75 Å². The second-order valence-corrected chi connectivity index (χ2v) is 7.12. The van der Waals surface area contributed by atoms with Gasteiger partial charge in [0.15, 0.2) is 0 Å². The number of aromatic amines is 1. The Labute approximate surface area is 164 Å². The van der Waals surface area contributed by atoms with Crippen molar-refractivity contribution in [2.75, 3.05) is 26.0 Å². The predicted molar refractivity (Wildman–Crippen MR) is 111 cm³/mol. The number of nitrogens with zero attached hydrogens (tertiary/aromatic N) is 1. The van der Waals surface area contributed by atoms with E-state index in [4.69, 9.17) is 4.74 Å². The Kier molecular flexibility index (Phi) is 5.40. The Bertz CT molecular complexity index is 1030. The minimum Gasteiger partial charge on any atom is -0.497 e. The van der Waals surface area contributed by atoms with Gasteiger partial charge in [-0.25, -0.2) is 0 Å². The van der Waals surface area contributed by atoms with Crippen molar-refractivity contribution in [1.29, 1.82) is 0 Å². The first-order chi connectivity index (χ1) is 13.3. The predicted octanol–water partition coefficient (Wildman–Crippen LogP) is 3.81. The maximum Gasteiger partial charge on any atom is 0.270 e. The molecular formula is C22H25N3O3. The van der Waals surface area contributed by atoms with E-state index in [2.05, 4.69) is 10.3 Å². The van der Waals surface area contributed by atoms with Crippen molar-refractivity contribution in [3.63, 3.8) is 0 Å². The Morgan fingerprint density at radius 2 is 1.75 bits per heavy atom. The average Bonchev–Trinajstić information content (AvgIpc) is 3.06. The normalized spacial score (nSPS) is 10.8. The van der Waals surface area contributed by atoms with Crippen LogP contribution in [0.3, 0.4) is 0 Å². The fourth-order valence-electron chi connectivity index (χ4n) is 3.40. The molecule has 28 heavy (non-hydrogen) atoms. The van der Waals surface area contributed by atoms with E-state index >= 15 is 0 Å². The molecule has 0 saturated heterocycles. The molecule has 0 aliphatic heterocycles. The number of ether oxygens (including phenoxy) is 1. The fourth-order valence-corrected chi connectivity index (χ4v) is 3.40. The summed E-state index contributed by atoms with van der Waals surface area (Å²) in [7, 11) is 3.21. The minimum absolute atomic E-state index is 0.0374. The highest BCUT2D eigenvalue weighted by molar-refractivity contribution is 6.01. The number of amides is 2. The molecule has 2 amide bonds. The summed E-state index contributed by atoms with van der Waals surface area (Å²) in [5.74, 6) is 0.233. The number of aryl methyl sites for hydroxylation is 3. The third-order valence-electron chi connectivity index (χ3n) is 4.73. The average molecular weight is 379 g/mol. The van der Waals surface area contributed by atoms with Crippen molar-refractivity contribution in [2.45, 2.75) is 20.8 Å². The summed E-state index contributed by atoms with van der Waals surface area (Å²) < 4.78 is 5.21. The van der Waals surface area contributed by atoms with E-state index in [1.807, 2.05) is 51.1 Å². The molecule has 2 N–H and O–H groups in total. The number of anilines is 1. The summed E-state index contributed by atoms with van der Waals surface area (Å²) in [6, 6.07) is 11.4. The molecule has 1 heterocycles. The molecule has 2 aromatic carbocycles. The first-order valence-electron chi connectivity index (χ1n) is 9.08. The summed E-state index contributed by atoms with van der Waals surface area (Å²) in [4.78, 5) is 29.7. The lowest BCUT2D eigenvalue weighted by molar-refractivity contribution is -0.116. The van der Waals surface area contributed by atoms with E-state index in [1.54, 1.807) is 20.2 Å². The van der Waals surface area contributed by atoms with Gasteiger partial charge in [0.1, 0.15) is 11.4 Å². The van der Waals surface area contributed by atoms with E-state index in [0.717, 1.165) is 33.3 Å². The van der Waals surface area contributed by atoms with Crippen molar-refractivity contribution in [1.82, 2.24) is 9.88 Å². The van der Waals surface area contributed by atoms with E-state index < -0.39 is 0 Å². The highest BCUT2D eigenvalue weighted by Gasteiger charge is 2.18. The van der Waals surface area contributed by atoms with Gasteiger partial charge in [0, 0.05) is 29.7 Å². The van der Waals surface area contributed by atoms with Gasteiger partial charge in [0.2, 0.25) is 5.91 Å². The van der Waals surface area contributed by atoms with Gasteiger partial charge < -0.3 is 19.9 Å². The molecule has 146 valence electrons. The highest BCUT2D eigenvalue weighted by Crippen LogP contribution is 2.23. The van der Waals surface area contributed by atoms with Crippen LogP contribution in [0.4, 0.5) is 5.69 Å². The number of aromatic nitrogens is 1. The summed E-state index contributed by atoms with van der Waals surface area (Å²) in [6.45, 7) is 5.91. The number of carbonyl (C=O) groups excluding carboxylic acids is 2. The number of rotatable bonds is 5. The van der Waals surface area contributed by atoms with Crippen LogP contribution in [0.25, 0.3) is 10.9 Å². The van der Waals surface area contributed by atoms with Crippen LogP contribution in [0, 0.1) is 20.8 Å². The zero-order valence-electron chi connectivity index (χ0n) is 16.8. The zero-order valence-corrected chi connectivity index (χ0v) is 16.8. The summed E-state index contributed by atoms with van der Waals surface area (Å²) in [6.07, 6.45) is 0. The largest absolute Gasteiger partial charge is 0.497 e. The Hall–Kier alpha value is -3.28. The van der Waals surface area contributed by atoms with Crippen LogP contribution in [0.15, 0.2) is 36.4 Å². The second-order valence-electron chi connectivity index (χ2n) is 7.12. The molecule has 3 aromatic rings. The van der Waals surface area contributed by atoms with Crippen LogP contribution >= 0.6 is 0 Å². The topological polar surface area (TPSA) is 74.4 Å². The van der Waals surface area contributed by atoms with Crippen molar-refractivity contribution < 1.29 is 14.3 Å². The molecule has 1 aromatic heterocycles. The molecule has 0 atom stereocenters. The van der Waals surface area contributed by atoms with Crippen LogP contribution in [0.2, 0.25) is 0 Å². The van der Waals surface area contributed by atoms with Gasteiger partial charge in [-0.1, -0.05) is 17.7 Å². The standard InChI is InChI=1S/C22H25N3O3/c1-13-8-14(2)21(15(3)9-13)24-20(26)12-25(4)22(27)19-10-16-6-7-17(28-5)11-18(16)23-19/h6-11,23H,12H2,1-5H3,(H,24,26). The smallest absolute Gasteiger partial charge is 0.270 e. The van der Waals surface area contributed by atoms with E-state index in [1.165, 1.54) is 4.90 Å². The van der Waals surface area contributed by atoms with Gasteiger partial charge in [0.05, 0.1) is 13.7 Å². The Balaban J connectivity index is 1.71. The van der Waals surface area contributed by atoms with E-state index in [9.17, 15) is 9.59 Å². The number of H-pyrrole nitrogens is 1. The molecule has 6 heteroatoms. The van der Waals surface area contributed by atoms with Crippen LogP contribution in [-0.2, 0) is 4.79 Å². The Morgan fingerprint density at radius 3 is 2.39 bits per heavy atom. The van der Waals surface area contributed by atoms with Gasteiger partial charge >= 0.3 is 0 Å². The number of carbonyl (C=O) groups is 2. The first kappa shape index (κ1) is 19.5. The number of nitrogens with one attached hydrogen (secondary N) is 2. The zero-order chi connectivity index (χ0) is 20.4. The monoisotopic (exact) mass is 379 g/mol. The van der Waals surface area contributed by atoms with Gasteiger partial charge in [-0.2, -0.15) is 0 Å². The molecule has 0 unspecified atom stereocenters. The van der Waals surface area contributed by atoms with E-state index in [0.29, 0.717) is 11.4 Å². The van der Waals surface area contributed by atoms with Gasteiger partial charge in [-0.3, -0.25) is 9.59 Å². The third kappa shape index (κ3) is 4.01. The molecule has 0 spiro atoms. The fraction of sp³-hybridized carbons (Fsp3) is 0.273. The molecule has 0 aliphatic carbocycles. The van der Waals surface area contributed by atoms with Gasteiger partial charge in [-0.05, 0) is 50.1 Å². The molecule has 0 bridgehead atoms. The lowest BCUT2D eigenvalue weighted by Crippen LogP contribution is -2.35. The van der Waals surface area contributed by atoms with Crippen LogP contribution in [0.1, 0.15) is 27.2 Å². The molecule has 0 radical (unpaired) electrons. The van der Waals surface area contributed by atoms with Crippen molar-refractivity contribution in [3.05, 3.63) is 58.8 Å². The molecule has 0 saturated carbocycles. The van der Waals surface area contributed by atoms with Gasteiger partial charge in [-0.15, -0.1) is 0 Å². The quantitative estimate of drug-likeness (QED) is 0.708. The molecular weight excluding hydrogens is 354 g/mol. The molecule has 6 nitrogen and oxygen atoms in total. The highest BCUT2D eigenvalue weighted by atomic mass is 16.5. The van der Waals surface area contributed by atoms with Crippen LogP contribution < -0.4 is 10.1 Å². The Morgan fingerprint density at radius 1 is 1.07 bits per heavy atom. The SMILES string of the molecule is COc1ccc2cc(C(=O)N(C)CC(=O)Nc3c(C)cc(C)cc3C)[nH]c2c1. The van der Waals surface area contributed by atoms with Crippen LogP contribution in [0.5, 0.6) is 5.75 Å². The maximum atomic E-state index is 12.7. The number of hydrogen-bond donors (Lipinski definition) is 2. The van der Waals surface area contributed by atoms with Crippen LogP contribution in [-0.4, -0.2) is 42.4 Å². The minimum atomic E-state index is -0.248. The van der Waals surface area contributed by atoms with Crippen molar-refractivity contribution in [2.24, 2.45) is 0 Å². The first-order valence-corrected chi connectivity index (χ1v) is 9.08. The molecule has 3 rings (SSSR count). The summed E-state index contributed by atoms with van der Waals surface area (Å²) in [5.41, 5.74) is 5.20. The number of methoxy groups -OCH3 is 1. The number of hydrogen-bond acceptors (Lipinski definition) is 3. The molecule has 0 fully saturated rings. The maximum absolute atomic E-state index is 12.7. The van der Waals surface area contributed by atoms with E-state index in [-0.39, 0.29) is 18.4 Å². The number of fused-ring (bicyclic) bond motifs is 1. The van der Waals surface area contributed by atoms with Crippen molar-refractivity contribution >= 4 is 28.4 Å². The summed E-state index contributed by atoms with van der Waals surface area (Å²) >= 11 is 0. The lowest BCUT2D eigenvalue weighted by Gasteiger charge is -2.18. The van der Waals surface area contributed by atoms with Gasteiger partial charge in [0.25, 0.3) is 5.91 Å².